The molecule has 196 valence electrons. The average molecular weight is 574 g/mol. The molecule has 0 aliphatic carbocycles. The van der Waals surface area contributed by atoms with E-state index in [0.717, 1.165) is 16.0 Å². The van der Waals surface area contributed by atoms with E-state index in [1.54, 1.807) is 49.4 Å². The van der Waals surface area contributed by atoms with Crippen molar-refractivity contribution in [3.63, 3.8) is 0 Å². The normalized spacial score (nSPS) is 14.6. The zero-order valence-corrected chi connectivity index (χ0v) is 23.0. The summed E-state index contributed by atoms with van der Waals surface area (Å²) >= 11 is 18.7. The van der Waals surface area contributed by atoms with Gasteiger partial charge in [-0.15, -0.1) is 0 Å². The summed E-state index contributed by atoms with van der Waals surface area (Å²) in [4.78, 5) is 39.4. The topological polar surface area (TPSA) is 84.9 Å². The molecule has 1 heterocycles. The Labute approximate surface area is 234 Å². The highest BCUT2D eigenvalue weighted by Gasteiger charge is 2.37. The minimum atomic E-state index is -0.821. The SMILES string of the molecule is CCOc1cc(/C=C2\C(=O)NC(=O)N(c3ccc(C)c(C)c3)C2=O)cc(Cl)c1OCc1ccc(Cl)cc1Cl. The van der Waals surface area contributed by atoms with Crippen LogP contribution in [0.1, 0.15) is 29.2 Å². The third-order valence-corrected chi connectivity index (χ3v) is 6.75. The van der Waals surface area contributed by atoms with Gasteiger partial charge in [0.25, 0.3) is 11.8 Å². The molecule has 0 atom stereocenters. The zero-order chi connectivity index (χ0) is 27.6. The first-order valence-electron chi connectivity index (χ1n) is 11.6. The number of carbonyl (C=O) groups excluding carboxylic acids is 3. The number of rotatable bonds is 7. The maximum atomic E-state index is 13.3. The molecule has 1 fully saturated rings. The molecule has 3 aromatic rings. The minimum Gasteiger partial charge on any atom is -0.490 e. The van der Waals surface area contributed by atoms with E-state index >= 15 is 0 Å². The number of benzene rings is 3. The van der Waals surface area contributed by atoms with Gasteiger partial charge in [0.15, 0.2) is 11.5 Å². The second-order valence-corrected chi connectivity index (χ2v) is 9.76. The molecule has 3 aromatic carbocycles. The number of anilines is 1. The number of nitrogens with zero attached hydrogens (tertiary/aromatic N) is 1. The summed E-state index contributed by atoms with van der Waals surface area (Å²) in [6.07, 6.45) is 1.35. The van der Waals surface area contributed by atoms with Gasteiger partial charge >= 0.3 is 6.03 Å². The van der Waals surface area contributed by atoms with Gasteiger partial charge < -0.3 is 9.47 Å². The molecule has 4 rings (SSSR count). The molecule has 1 N–H and O–H groups in total. The summed E-state index contributed by atoms with van der Waals surface area (Å²) in [6.45, 7) is 6.00. The number of halogens is 3. The van der Waals surface area contributed by atoms with Gasteiger partial charge in [-0.3, -0.25) is 14.9 Å². The van der Waals surface area contributed by atoms with Gasteiger partial charge in [-0.25, -0.2) is 9.69 Å². The number of barbiturate groups is 1. The number of carbonyl (C=O) groups is 3. The molecule has 4 amide bonds. The Morgan fingerprint density at radius 2 is 1.66 bits per heavy atom. The number of aryl methyl sites for hydroxylation is 2. The van der Waals surface area contributed by atoms with Crippen LogP contribution >= 0.6 is 34.8 Å². The lowest BCUT2D eigenvalue weighted by molar-refractivity contribution is -0.122. The molecule has 38 heavy (non-hydrogen) atoms. The van der Waals surface area contributed by atoms with Crippen LogP contribution in [0, 0.1) is 13.8 Å². The van der Waals surface area contributed by atoms with E-state index in [1.807, 2.05) is 13.8 Å². The van der Waals surface area contributed by atoms with E-state index in [4.69, 9.17) is 44.3 Å². The highest BCUT2D eigenvalue weighted by Crippen LogP contribution is 2.38. The van der Waals surface area contributed by atoms with Crippen LogP contribution in [0.5, 0.6) is 11.5 Å². The highest BCUT2D eigenvalue weighted by atomic mass is 35.5. The van der Waals surface area contributed by atoms with Crippen molar-refractivity contribution >= 4 is 64.4 Å². The number of nitrogens with one attached hydrogen (secondary N) is 1. The Balaban J connectivity index is 1.67. The van der Waals surface area contributed by atoms with Gasteiger partial charge in [-0.05, 0) is 79.9 Å². The molecule has 0 unspecified atom stereocenters. The van der Waals surface area contributed by atoms with E-state index < -0.39 is 17.8 Å². The van der Waals surface area contributed by atoms with Gasteiger partial charge in [0.05, 0.1) is 17.3 Å². The number of amides is 4. The van der Waals surface area contributed by atoms with E-state index in [1.165, 1.54) is 12.1 Å². The first-order chi connectivity index (χ1) is 18.1. The largest absolute Gasteiger partial charge is 0.490 e. The third kappa shape index (κ3) is 5.80. The van der Waals surface area contributed by atoms with Gasteiger partial charge in [0, 0.05) is 15.6 Å². The lowest BCUT2D eigenvalue weighted by Crippen LogP contribution is -2.54. The Morgan fingerprint density at radius 1 is 0.895 bits per heavy atom. The van der Waals surface area contributed by atoms with Gasteiger partial charge in [-0.1, -0.05) is 46.9 Å². The van der Waals surface area contributed by atoms with Crippen molar-refractivity contribution in [1.29, 1.82) is 0 Å². The number of urea groups is 1. The zero-order valence-electron chi connectivity index (χ0n) is 20.7. The molecule has 1 saturated heterocycles. The van der Waals surface area contributed by atoms with Crippen LogP contribution in [0.15, 0.2) is 54.1 Å². The summed E-state index contributed by atoms with van der Waals surface area (Å²) in [5, 5.41) is 3.36. The summed E-state index contributed by atoms with van der Waals surface area (Å²) in [5.41, 5.74) is 3.12. The molecule has 0 spiro atoms. The van der Waals surface area contributed by atoms with Crippen molar-refractivity contribution in [2.24, 2.45) is 0 Å². The van der Waals surface area contributed by atoms with E-state index in [-0.39, 0.29) is 23.0 Å². The first-order valence-corrected chi connectivity index (χ1v) is 12.7. The van der Waals surface area contributed by atoms with Crippen molar-refractivity contribution in [3.05, 3.63) is 91.4 Å². The minimum absolute atomic E-state index is 0.101. The number of imide groups is 2. The van der Waals surface area contributed by atoms with Crippen LogP contribution in [0.2, 0.25) is 15.1 Å². The molecule has 0 radical (unpaired) electrons. The van der Waals surface area contributed by atoms with Crippen molar-refractivity contribution in [2.45, 2.75) is 27.4 Å². The number of hydrogen-bond donors (Lipinski definition) is 1. The molecule has 1 aliphatic rings. The molecule has 1 aliphatic heterocycles. The second-order valence-electron chi connectivity index (χ2n) is 8.51. The van der Waals surface area contributed by atoms with Crippen molar-refractivity contribution in [2.75, 3.05) is 11.5 Å². The molecule has 0 saturated carbocycles. The van der Waals surface area contributed by atoms with E-state index in [0.29, 0.717) is 39.2 Å². The summed E-state index contributed by atoms with van der Waals surface area (Å²) in [6, 6.07) is 12.5. The number of hydrogen-bond acceptors (Lipinski definition) is 5. The number of ether oxygens (including phenoxy) is 2. The third-order valence-electron chi connectivity index (χ3n) is 5.88. The molecule has 0 aromatic heterocycles. The highest BCUT2D eigenvalue weighted by molar-refractivity contribution is 6.39. The molecule has 7 nitrogen and oxygen atoms in total. The monoisotopic (exact) mass is 572 g/mol. The fourth-order valence-electron chi connectivity index (χ4n) is 3.79. The van der Waals surface area contributed by atoms with Crippen molar-refractivity contribution in [1.82, 2.24) is 5.32 Å². The first kappa shape index (κ1) is 27.5. The maximum Gasteiger partial charge on any atom is 0.335 e. The molecular weight excluding hydrogens is 551 g/mol. The Hall–Kier alpha value is -3.52. The van der Waals surface area contributed by atoms with Crippen LogP contribution < -0.4 is 19.7 Å². The van der Waals surface area contributed by atoms with Gasteiger partial charge in [0.1, 0.15) is 12.2 Å². The quantitative estimate of drug-likeness (QED) is 0.245. The van der Waals surface area contributed by atoms with Crippen molar-refractivity contribution < 1.29 is 23.9 Å². The van der Waals surface area contributed by atoms with Gasteiger partial charge in [-0.2, -0.15) is 0 Å². The predicted molar refractivity (Wildman–Crippen MR) is 148 cm³/mol. The van der Waals surface area contributed by atoms with E-state index in [9.17, 15) is 14.4 Å². The van der Waals surface area contributed by atoms with Crippen LogP contribution in [0.25, 0.3) is 6.08 Å². The fraction of sp³-hybridized carbons (Fsp3) is 0.179. The van der Waals surface area contributed by atoms with Crippen LogP contribution in [0.4, 0.5) is 10.5 Å². The Kier molecular flexibility index (Phi) is 8.31. The van der Waals surface area contributed by atoms with E-state index in [2.05, 4.69) is 5.32 Å². The lowest BCUT2D eigenvalue weighted by Gasteiger charge is -2.27. The lowest BCUT2D eigenvalue weighted by atomic mass is 10.0. The summed E-state index contributed by atoms with van der Waals surface area (Å²) in [5.74, 6) is -0.989. The van der Waals surface area contributed by atoms with Crippen LogP contribution in [0.3, 0.4) is 0 Å². The maximum absolute atomic E-state index is 13.3. The molecular formula is C28H23Cl3N2O5. The summed E-state index contributed by atoms with van der Waals surface area (Å²) < 4.78 is 11.6. The van der Waals surface area contributed by atoms with Crippen LogP contribution in [-0.2, 0) is 16.2 Å². The second kappa shape index (κ2) is 11.5. The molecule has 10 heteroatoms. The smallest absolute Gasteiger partial charge is 0.335 e. The average Bonchev–Trinajstić information content (AvgIpc) is 2.84. The Bertz CT molecular complexity index is 1490. The standard InChI is InChI=1S/C28H23Cl3N2O5/c1-4-37-24-12-17(11-23(31)25(24)38-14-18-6-7-19(29)13-22(18)30)10-21-26(34)32-28(36)33(27(21)35)20-8-5-15(2)16(3)9-20/h5-13H,4,14H2,1-3H3,(H,32,34,36)/b21-10+. The van der Waals surface area contributed by atoms with Crippen molar-refractivity contribution in [3.8, 4) is 11.5 Å². The van der Waals surface area contributed by atoms with Gasteiger partial charge in [0.2, 0.25) is 0 Å². The molecule has 0 bridgehead atoms. The fourth-order valence-corrected chi connectivity index (χ4v) is 4.52. The van der Waals surface area contributed by atoms with Crippen LogP contribution in [-0.4, -0.2) is 24.5 Å². The summed E-state index contributed by atoms with van der Waals surface area (Å²) in [7, 11) is 0. The Morgan fingerprint density at radius 3 is 2.34 bits per heavy atom. The predicted octanol–water partition coefficient (Wildman–Crippen LogP) is 6.91.